The number of halogens is 2. The monoisotopic (exact) mass is 341 g/mol. The van der Waals surface area contributed by atoms with Gasteiger partial charge in [-0.1, -0.05) is 13.0 Å². The lowest BCUT2D eigenvalue weighted by Gasteiger charge is -2.16. The lowest BCUT2D eigenvalue weighted by Crippen LogP contribution is -2.18. The predicted molar refractivity (Wildman–Crippen MR) is 79.2 cm³/mol. The Morgan fingerprint density at radius 3 is 2.85 bits per heavy atom. The summed E-state index contributed by atoms with van der Waals surface area (Å²) in [5, 5.41) is 4.29. The summed E-state index contributed by atoms with van der Waals surface area (Å²) in [7, 11) is 1.59. The van der Waals surface area contributed by atoms with Crippen LogP contribution in [0.25, 0.3) is 0 Å². The molecule has 2 aromatic rings. The molecule has 0 fully saturated rings. The molecule has 2 N–H and O–H groups in total. The molecule has 1 heterocycles. The standard InChI is InChI=1S/C14H17BrFN3O/c1-3-6-19-14(12(20-2)8-18-19)13(17)9-4-5-11(16)10(15)7-9/h4-5,7-8,13H,3,6,17H2,1-2H3. The van der Waals surface area contributed by atoms with Crippen molar-refractivity contribution in [3.05, 3.63) is 45.9 Å². The van der Waals surface area contributed by atoms with Gasteiger partial charge in [-0.05, 0) is 40.0 Å². The Morgan fingerprint density at radius 1 is 1.50 bits per heavy atom. The summed E-state index contributed by atoms with van der Waals surface area (Å²) >= 11 is 3.18. The largest absolute Gasteiger partial charge is 0.493 e. The van der Waals surface area contributed by atoms with Crippen molar-refractivity contribution < 1.29 is 9.13 Å². The van der Waals surface area contributed by atoms with Gasteiger partial charge in [-0.2, -0.15) is 5.10 Å². The van der Waals surface area contributed by atoms with E-state index in [1.165, 1.54) is 6.07 Å². The summed E-state index contributed by atoms with van der Waals surface area (Å²) in [6, 6.07) is 4.33. The molecule has 0 bridgehead atoms. The van der Waals surface area contributed by atoms with Crippen molar-refractivity contribution in [2.45, 2.75) is 25.9 Å². The molecule has 0 aliphatic carbocycles. The van der Waals surface area contributed by atoms with Crippen molar-refractivity contribution in [2.24, 2.45) is 5.73 Å². The Bertz CT molecular complexity index is 600. The van der Waals surface area contributed by atoms with Crippen molar-refractivity contribution in [2.75, 3.05) is 7.11 Å². The van der Waals surface area contributed by atoms with Gasteiger partial charge < -0.3 is 10.5 Å². The molecular formula is C14H17BrFN3O. The highest BCUT2D eigenvalue weighted by Gasteiger charge is 2.20. The molecule has 0 aliphatic rings. The molecule has 0 saturated heterocycles. The number of benzene rings is 1. The molecule has 0 radical (unpaired) electrons. The zero-order chi connectivity index (χ0) is 14.7. The number of rotatable bonds is 5. The highest BCUT2D eigenvalue weighted by molar-refractivity contribution is 9.10. The first-order valence-electron chi connectivity index (χ1n) is 6.38. The quantitative estimate of drug-likeness (QED) is 0.908. The van der Waals surface area contributed by atoms with Crippen LogP contribution >= 0.6 is 15.9 Å². The van der Waals surface area contributed by atoms with Gasteiger partial charge in [0.25, 0.3) is 0 Å². The van der Waals surface area contributed by atoms with Gasteiger partial charge in [0.15, 0.2) is 5.75 Å². The van der Waals surface area contributed by atoms with Crippen LogP contribution < -0.4 is 10.5 Å². The second-order valence-corrected chi connectivity index (χ2v) is 5.33. The molecule has 1 atom stereocenters. The minimum atomic E-state index is -0.420. The Labute approximate surface area is 125 Å². The van der Waals surface area contributed by atoms with Crippen LogP contribution in [0.4, 0.5) is 4.39 Å². The highest BCUT2D eigenvalue weighted by atomic mass is 79.9. The zero-order valence-electron chi connectivity index (χ0n) is 11.4. The molecule has 108 valence electrons. The first kappa shape index (κ1) is 15.0. The van der Waals surface area contributed by atoms with Crippen LogP contribution in [0, 0.1) is 5.82 Å². The summed E-state index contributed by atoms with van der Waals surface area (Å²) in [6.07, 6.45) is 2.60. The van der Waals surface area contributed by atoms with Gasteiger partial charge in [0.2, 0.25) is 0 Å². The molecule has 6 heteroatoms. The third-order valence-electron chi connectivity index (χ3n) is 3.10. The highest BCUT2D eigenvalue weighted by Crippen LogP contribution is 2.30. The van der Waals surface area contributed by atoms with Crippen molar-refractivity contribution in [1.82, 2.24) is 9.78 Å². The summed E-state index contributed by atoms with van der Waals surface area (Å²) in [6.45, 7) is 2.83. The maximum Gasteiger partial charge on any atom is 0.161 e. The SMILES string of the molecule is CCCn1ncc(OC)c1C(N)c1ccc(F)c(Br)c1. The zero-order valence-corrected chi connectivity index (χ0v) is 13.0. The minimum Gasteiger partial charge on any atom is -0.493 e. The molecule has 4 nitrogen and oxygen atoms in total. The molecule has 2 rings (SSSR count). The van der Waals surface area contributed by atoms with Crippen LogP contribution in [0.2, 0.25) is 0 Å². The van der Waals surface area contributed by atoms with Gasteiger partial charge in [0.1, 0.15) is 11.5 Å². The number of hydrogen-bond acceptors (Lipinski definition) is 3. The van der Waals surface area contributed by atoms with E-state index >= 15 is 0 Å². The van der Waals surface area contributed by atoms with Gasteiger partial charge in [-0.15, -0.1) is 0 Å². The molecule has 0 aliphatic heterocycles. The third-order valence-corrected chi connectivity index (χ3v) is 3.71. The fourth-order valence-corrected chi connectivity index (χ4v) is 2.50. The van der Waals surface area contributed by atoms with E-state index in [2.05, 4.69) is 28.0 Å². The van der Waals surface area contributed by atoms with Crippen molar-refractivity contribution in [3.63, 3.8) is 0 Å². The molecule has 0 amide bonds. The first-order chi connectivity index (χ1) is 9.58. The summed E-state index contributed by atoms with van der Waals surface area (Å²) in [4.78, 5) is 0. The normalized spacial score (nSPS) is 12.4. The number of nitrogens with two attached hydrogens (primary N) is 1. The van der Waals surface area contributed by atoms with E-state index in [0.717, 1.165) is 24.2 Å². The fraction of sp³-hybridized carbons (Fsp3) is 0.357. The van der Waals surface area contributed by atoms with Gasteiger partial charge in [-0.3, -0.25) is 4.68 Å². The van der Waals surface area contributed by atoms with Crippen LogP contribution in [-0.2, 0) is 6.54 Å². The van der Waals surface area contributed by atoms with E-state index in [0.29, 0.717) is 10.2 Å². The Hall–Kier alpha value is -1.40. The molecule has 0 spiro atoms. The second-order valence-electron chi connectivity index (χ2n) is 4.47. The molecular weight excluding hydrogens is 325 g/mol. The number of hydrogen-bond donors (Lipinski definition) is 1. The van der Waals surface area contributed by atoms with E-state index in [4.69, 9.17) is 10.5 Å². The summed E-state index contributed by atoms with van der Waals surface area (Å²) in [5.74, 6) is 0.335. The van der Waals surface area contributed by atoms with Crippen LogP contribution in [0.3, 0.4) is 0 Å². The van der Waals surface area contributed by atoms with Gasteiger partial charge >= 0.3 is 0 Å². The van der Waals surface area contributed by atoms with Crippen molar-refractivity contribution in [1.29, 1.82) is 0 Å². The van der Waals surface area contributed by atoms with E-state index in [-0.39, 0.29) is 5.82 Å². The van der Waals surface area contributed by atoms with E-state index in [1.807, 2.05) is 4.68 Å². The van der Waals surface area contributed by atoms with E-state index in [1.54, 1.807) is 25.4 Å². The first-order valence-corrected chi connectivity index (χ1v) is 7.18. The van der Waals surface area contributed by atoms with Crippen LogP contribution in [-0.4, -0.2) is 16.9 Å². The Balaban J connectivity index is 2.43. The average molecular weight is 342 g/mol. The summed E-state index contributed by atoms with van der Waals surface area (Å²) < 4.78 is 20.9. The molecule has 20 heavy (non-hydrogen) atoms. The van der Waals surface area contributed by atoms with E-state index in [9.17, 15) is 4.39 Å². The average Bonchev–Trinajstić information content (AvgIpc) is 2.84. The number of ether oxygens (including phenoxy) is 1. The third kappa shape index (κ3) is 2.86. The smallest absolute Gasteiger partial charge is 0.161 e. The fourth-order valence-electron chi connectivity index (χ4n) is 2.10. The maximum atomic E-state index is 13.3. The lowest BCUT2D eigenvalue weighted by atomic mass is 10.0. The van der Waals surface area contributed by atoms with E-state index < -0.39 is 6.04 Å². The van der Waals surface area contributed by atoms with Crippen LogP contribution in [0.5, 0.6) is 5.75 Å². The van der Waals surface area contributed by atoms with Gasteiger partial charge in [-0.25, -0.2) is 4.39 Å². The Kier molecular flexibility index (Phi) is 4.77. The molecule has 1 aromatic carbocycles. The Morgan fingerprint density at radius 2 is 2.25 bits per heavy atom. The predicted octanol–water partition coefficient (Wildman–Crippen LogP) is 3.25. The minimum absolute atomic E-state index is 0.310. The van der Waals surface area contributed by atoms with Crippen molar-refractivity contribution in [3.8, 4) is 5.75 Å². The van der Waals surface area contributed by atoms with Crippen LogP contribution in [0.15, 0.2) is 28.9 Å². The number of aryl methyl sites for hydroxylation is 1. The number of aromatic nitrogens is 2. The van der Waals surface area contributed by atoms with Gasteiger partial charge in [0.05, 0.1) is 23.8 Å². The maximum absolute atomic E-state index is 13.3. The molecule has 0 saturated carbocycles. The van der Waals surface area contributed by atoms with Gasteiger partial charge in [0, 0.05) is 6.54 Å². The molecule has 1 aromatic heterocycles. The van der Waals surface area contributed by atoms with Crippen molar-refractivity contribution >= 4 is 15.9 Å². The number of nitrogens with zero attached hydrogens (tertiary/aromatic N) is 2. The van der Waals surface area contributed by atoms with Crippen LogP contribution in [0.1, 0.15) is 30.6 Å². The molecule has 1 unspecified atom stereocenters. The summed E-state index contributed by atoms with van der Waals surface area (Å²) in [5.41, 5.74) is 7.90. The topological polar surface area (TPSA) is 53.1 Å². The second kappa shape index (κ2) is 6.37. The lowest BCUT2D eigenvalue weighted by molar-refractivity contribution is 0.404. The number of methoxy groups -OCH3 is 1.